The van der Waals surface area contributed by atoms with Crippen LogP contribution in [0.15, 0.2) is 29.3 Å². The van der Waals surface area contributed by atoms with Gasteiger partial charge in [0.25, 0.3) is 5.91 Å². The Balaban J connectivity index is 0.00000220. The number of aromatic nitrogens is 1. The number of nitrogens with two attached hydrogens (primary N) is 2. The Bertz CT molecular complexity index is 653. The van der Waals surface area contributed by atoms with Crippen LogP contribution in [0.25, 0.3) is 10.9 Å². The van der Waals surface area contributed by atoms with Gasteiger partial charge in [0.2, 0.25) is 0 Å². The van der Waals surface area contributed by atoms with E-state index in [4.69, 9.17) is 23.1 Å². The number of hydrogen-bond acceptors (Lipinski definition) is 3. The van der Waals surface area contributed by atoms with E-state index in [1.54, 1.807) is 12.1 Å². The maximum Gasteiger partial charge on any atom is 0.274 e. The lowest BCUT2D eigenvalue weighted by Gasteiger charge is -2.02. The van der Waals surface area contributed by atoms with E-state index in [1.165, 1.54) is 0 Å². The first-order chi connectivity index (χ1) is 9.61. The van der Waals surface area contributed by atoms with E-state index in [0.29, 0.717) is 23.8 Å². The predicted octanol–water partition coefficient (Wildman–Crippen LogP) is 1.64. The molecule has 1 aromatic carbocycles. The minimum atomic E-state index is -0.355. The lowest BCUT2D eigenvalue weighted by atomic mass is 10.2. The number of halogens is 2. The van der Waals surface area contributed by atoms with Gasteiger partial charge < -0.3 is 16.5 Å². The molecule has 6 N–H and O–H groups in total. The van der Waals surface area contributed by atoms with Crippen molar-refractivity contribution in [3.05, 3.63) is 35.0 Å². The number of hydrogen-bond donors (Lipinski definition) is 4. The summed E-state index contributed by atoms with van der Waals surface area (Å²) < 4.78 is 0. The minimum absolute atomic E-state index is 0. The van der Waals surface area contributed by atoms with Crippen LogP contribution >= 0.6 is 24.0 Å². The van der Waals surface area contributed by atoms with Crippen LogP contribution in [0, 0.1) is 0 Å². The minimum Gasteiger partial charge on any atom is -0.370 e. The largest absolute Gasteiger partial charge is 0.370 e. The second-order valence-electron chi connectivity index (χ2n) is 4.25. The quantitative estimate of drug-likeness (QED) is 0.389. The first kappa shape index (κ1) is 17.3. The molecule has 0 saturated heterocycles. The summed E-state index contributed by atoms with van der Waals surface area (Å²) in [4.78, 5) is 19.0. The van der Waals surface area contributed by atoms with Crippen LogP contribution < -0.4 is 16.8 Å². The van der Waals surface area contributed by atoms with Crippen LogP contribution in [-0.4, -0.2) is 29.9 Å². The van der Waals surface area contributed by atoms with E-state index in [1.807, 2.05) is 12.1 Å². The van der Waals surface area contributed by atoms with Crippen molar-refractivity contribution in [1.82, 2.24) is 10.3 Å². The summed E-state index contributed by atoms with van der Waals surface area (Å²) in [6, 6.07) is 7.10. The fourth-order valence-electron chi connectivity index (χ4n) is 1.75. The first-order valence-electron chi connectivity index (χ1n) is 6.20. The van der Waals surface area contributed by atoms with Crippen LogP contribution in [0.3, 0.4) is 0 Å². The molecule has 0 spiro atoms. The molecule has 0 aliphatic heterocycles. The zero-order valence-corrected chi connectivity index (χ0v) is 12.8. The van der Waals surface area contributed by atoms with Gasteiger partial charge in [0.1, 0.15) is 5.69 Å². The van der Waals surface area contributed by atoms with E-state index in [-0.39, 0.29) is 24.3 Å². The number of nitrogens with zero attached hydrogens (tertiary/aromatic N) is 1. The molecule has 0 unspecified atom stereocenters. The Morgan fingerprint density at radius 2 is 2.19 bits per heavy atom. The summed E-state index contributed by atoms with van der Waals surface area (Å²) in [5.41, 5.74) is 12.1. The molecule has 0 bridgehead atoms. The molecule has 2 aromatic rings. The lowest BCUT2D eigenvalue weighted by molar-refractivity contribution is 0.0972. The molecular formula is C13H17Cl2N5O. The standard InChI is InChI=1S/C13H16ClN5O.ClH/c14-9-3-1-4-10-8(9)7-11(18-10)12(20)19-13(16)17-6-2-5-15;/h1,3-4,7,18H,2,5-6,15H2,(H3,16,17,19,20);1H. The average Bonchev–Trinajstić information content (AvgIpc) is 2.84. The molecule has 6 nitrogen and oxygen atoms in total. The molecule has 1 heterocycles. The van der Waals surface area contributed by atoms with Crippen molar-refractivity contribution >= 4 is 46.8 Å². The summed E-state index contributed by atoms with van der Waals surface area (Å²) in [6.07, 6.45) is 0.721. The fourth-order valence-corrected chi connectivity index (χ4v) is 1.98. The van der Waals surface area contributed by atoms with Gasteiger partial charge in [0.15, 0.2) is 5.96 Å². The Kier molecular flexibility index (Phi) is 6.48. The summed E-state index contributed by atoms with van der Waals surface area (Å²) >= 11 is 6.05. The van der Waals surface area contributed by atoms with Gasteiger partial charge in [-0.05, 0) is 31.2 Å². The number of guanidine groups is 1. The third-order valence-corrected chi connectivity index (χ3v) is 3.07. The maximum atomic E-state index is 12.0. The number of amides is 1. The van der Waals surface area contributed by atoms with Gasteiger partial charge in [-0.15, -0.1) is 12.4 Å². The van der Waals surface area contributed by atoms with Gasteiger partial charge in [-0.2, -0.15) is 0 Å². The molecule has 21 heavy (non-hydrogen) atoms. The number of nitrogens with one attached hydrogen (secondary N) is 2. The molecule has 0 aliphatic carbocycles. The normalized spacial score (nSPS) is 11.2. The van der Waals surface area contributed by atoms with Gasteiger partial charge in [-0.1, -0.05) is 17.7 Å². The predicted molar refractivity (Wildman–Crippen MR) is 88.2 cm³/mol. The van der Waals surface area contributed by atoms with Gasteiger partial charge >= 0.3 is 0 Å². The maximum absolute atomic E-state index is 12.0. The fraction of sp³-hybridized carbons (Fsp3) is 0.231. The van der Waals surface area contributed by atoms with Crippen molar-refractivity contribution in [2.24, 2.45) is 16.5 Å². The Hall–Kier alpha value is -1.76. The van der Waals surface area contributed by atoms with E-state index in [2.05, 4.69) is 15.3 Å². The number of H-pyrrole nitrogens is 1. The molecule has 1 amide bonds. The van der Waals surface area contributed by atoms with Gasteiger partial charge in [0.05, 0.1) is 0 Å². The third kappa shape index (κ3) is 4.35. The SMILES string of the molecule is Cl.NCCCN=C(N)NC(=O)c1cc2c(Cl)cccc2[nH]1. The summed E-state index contributed by atoms with van der Waals surface area (Å²) in [5.74, 6) is -0.278. The molecule has 8 heteroatoms. The number of rotatable bonds is 4. The van der Waals surface area contributed by atoms with E-state index >= 15 is 0 Å². The number of carbonyl (C=O) groups excluding carboxylic acids is 1. The van der Waals surface area contributed by atoms with Crippen molar-refractivity contribution in [3.8, 4) is 0 Å². The van der Waals surface area contributed by atoms with Crippen molar-refractivity contribution in [2.75, 3.05) is 13.1 Å². The molecular weight excluding hydrogens is 313 g/mol. The zero-order chi connectivity index (χ0) is 14.5. The van der Waals surface area contributed by atoms with Crippen LogP contribution in [0.2, 0.25) is 5.02 Å². The van der Waals surface area contributed by atoms with Crippen molar-refractivity contribution < 1.29 is 4.79 Å². The van der Waals surface area contributed by atoms with Crippen LogP contribution in [-0.2, 0) is 0 Å². The molecule has 0 atom stereocenters. The summed E-state index contributed by atoms with van der Waals surface area (Å²) in [6.45, 7) is 1.02. The van der Waals surface area contributed by atoms with Crippen molar-refractivity contribution in [1.29, 1.82) is 0 Å². The first-order valence-corrected chi connectivity index (χ1v) is 6.58. The lowest BCUT2D eigenvalue weighted by Crippen LogP contribution is -2.37. The number of fused-ring (bicyclic) bond motifs is 1. The molecule has 0 saturated carbocycles. The average molecular weight is 330 g/mol. The van der Waals surface area contributed by atoms with E-state index in [9.17, 15) is 4.79 Å². The molecule has 114 valence electrons. The molecule has 0 fully saturated rings. The van der Waals surface area contributed by atoms with Crippen LogP contribution in [0.1, 0.15) is 16.9 Å². The third-order valence-electron chi connectivity index (χ3n) is 2.74. The monoisotopic (exact) mass is 329 g/mol. The highest BCUT2D eigenvalue weighted by atomic mass is 35.5. The van der Waals surface area contributed by atoms with Gasteiger partial charge in [0, 0.05) is 22.5 Å². The van der Waals surface area contributed by atoms with Crippen LogP contribution in [0.5, 0.6) is 0 Å². The Labute approximate surface area is 133 Å². The number of aliphatic imine (C=N–C) groups is 1. The van der Waals surface area contributed by atoms with Gasteiger partial charge in [-0.25, -0.2) is 0 Å². The smallest absolute Gasteiger partial charge is 0.274 e. The highest BCUT2D eigenvalue weighted by Gasteiger charge is 2.11. The van der Waals surface area contributed by atoms with Crippen molar-refractivity contribution in [2.45, 2.75) is 6.42 Å². The summed E-state index contributed by atoms with van der Waals surface area (Å²) in [7, 11) is 0. The number of benzene rings is 1. The van der Waals surface area contributed by atoms with E-state index < -0.39 is 0 Å². The number of aromatic amines is 1. The highest BCUT2D eigenvalue weighted by Crippen LogP contribution is 2.23. The second kappa shape index (κ2) is 7.87. The molecule has 2 rings (SSSR count). The van der Waals surface area contributed by atoms with Gasteiger partial charge in [-0.3, -0.25) is 15.1 Å². The second-order valence-corrected chi connectivity index (χ2v) is 4.65. The number of carbonyl (C=O) groups is 1. The van der Waals surface area contributed by atoms with Crippen LogP contribution in [0.4, 0.5) is 0 Å². The van der Waals surface area contributed by atoms with E-state index in [0.717, 1.165) is 17.3 Å². The zero-order valence-electron chi connectivity index (χ0n) is 11.2. The Morgan fingerprint density at radius 3 is 2.86 bits per heavy atom. The molecule has 0 aliphatic rings. The molecule has 1 aromatic heterocycles. The van der Waals surface area contributed by atoms with Crippen molar-refractivity contribution in [3.63, 3.8) is 0 Å². The topological polar surface area (TPSA) is 109 Å². The Morgan fingerprint density at radius 1 is 1.43 bits per heavy atom. The summed E-state index contributed by atoms with van der Waals surface area (Å²) in [5, 5.41) is 3.88. The highest BCUT2D eigenvalue weighted by molar-refractivity contribution is 6.35. The molecule has 0 radical (unpaired) electrons.